The number of nitrogens with zero attached hydrogens (tertiary/aromatic N) is 4. The Bertz CT molecular complexity index is 1040. The van der Waals surface area contributed by atoms with Gasteiger partial charge in [0.15, 0.2) is 0 Å². The molecule has 3 aromatic rings. The predicted molar refractivity (Wildman–Crippen MR) is 98.8 cm³/mol. The molecule has 0 fully saturated rings. The maximum atomic E-state index is 12.7. The highest BCUT2D eigenvalue weighted by atomic mass is 16.6. The Labute approximate surface area is 149 Å². The fourth-order valence-electron chi connectivity index (χ4n) is 3.18. The molecule has 4 rings (SSSR count). The molecular weight excluding hydrogens is 332 g/mol. The third-order valence-corrected chi connectivity index (χ3v) is 4.40. The van der Waals surface area contributed by atoms with Gasteiger partial charge in [0.25, 0.3) is 11.6 Å². The molecule has 7 nitrogen and oxygen atoms in total. The molecule has 0 spiro atoms. The number of carbonyl (C=O) groups excluding carboxylic acids is 1. The minimum Gasteiger partial charge on any atom is -0.310 e. The number of fused-ring (bicyclic) bond motifs is 3. The topological polar surface area (TPSA) is 81.3 Å². The van der Waals surface area contributed by atoms with Crippen molar-refractivity contribution in [3.63, 3.8) is 0 Å². The number of benzene rings is 2. The van der Waals surface area contributed by atoms with Gasteiger partial charge in [0.2, 0.25) is 5.95 Å². The van der Waals surface area contributed by atoms with Crippen LogP contribution in [0.1, 0.15) is 12.0 Å². The largest absolute Gasteiger partial charge is 0.310 e. The van der Waals surface area contributed by atoms with Crippen molar-refractivity contribution >= 4 is 34.7 Å². The van der Waals surface area contributed by atoms with Gasteiger partial charge in [-0.2, -0.15) is 0 Å². The number of nitro groups is 1. The first-order valence-electron chi connectivity index (χ1n) is 8.33. The van der Waals surface area contributed by atoms with Crippen LogP contribution < -0.4 is 4.90 Å². The Morgan fingerprint density at radius 1 is 1.15 bits per heavy atom. The zero-order valence-electron chi connectivity index (χ0n) is 13.9. The molecule has 130 valence electrons. The van der Waals surface area contributed by atoms with E-state index in [1.54, 1.807) is 23.1 Å². The molecule has 0 unspecified atom stereocenters. The van der Waals surface area contributed by atoms with Gasteiger partial charge in [-0.15, -0.1) is 0 Å². The van der Waals surface area contributed by atoms with Crippen LogP contribution in [-0.4, -0.2) is 26.9 Å². The van der Waals surface area contributed by atoms with Crippen molar-refractivity contribution in [3.05, 3.63) is 70.3 Å². The summed E-state index contributed by atoms with van der Waals surface area (Å²) in [6.45, 7) is 1.43. The summed E-state index contributed by atoms with van der Waals surface area (Å²) in [5.74, 6) is 0.457. The first kappa shape index (κ1) is 16.0. The van der Waals surface area contributed by atoms with Gasteiger partial charge in [0, 0.05) is 31.3 Å². The van der Waals surface area contributed by atoms with Gasteiger partial charge in [-0.3, -0.25) is 19.8 Å². The fourth-order valence-corrected chi connectivity index (χ4v) is 3.18. The number of nitro benzene ring substituents is 1. The van der Waals surface area contributed by atoms with Crippen molar-refractivity contribution in [2.24, 2.45) is 0 Å². The number of para-hydroxylation sites is 2. The van der Waals surface area contributed by atoms with Gasteiger partial charge in [-0.25, -0.2) is 4.98 Å². The number of aromatic nitrogens is 2. The average molecular weight is 348 g/mol. The maximum Gasteiger partial charge on any atom is 0.270 e. The van der Waals surface area contributed by atoms with Gasteiger partial charge in [-0.05, 0) is 30.2 Å². The normalized spacial score (nSPS) is 13.9. The van der Waals surface area contributed by atoms with Crippen molar-refractivity contribution in [3.8, 4) is 0 Å². The van der Waals surface area contributed by atoms with E-state index in [1.807, 2.05) is 24.3 Å². The van der Waals surface area contributed by atoms with Crippen LogP contribution in [0.5, 0.6) is 0 Å². The highest BCUT2D eigenvalue weighted by Crippen LogP contribution is 2.27. The standard InChI is InChI=1S/C19H16N4O3/c24-18(10-9-14-5-3-6-15(13-14)23(25)26)22-12-4-11-21-17-8-2-1-7-16(17)20-19(21)22/h1-3,5-10,13H,4,11-12H2/b10-9+. The van der Waals surface area contributed by atoms with Gasteiger partial charge < -0.3 is 4.57 Å². The number of non-ortho nitro benzene ring substituents is 1. The SMILES string of the molecule is O=C(/C=C/c1cccc([N+](=O)[O-])c1)N1CCCn2c1nc1ccccc12. The van der Waals surface area contributed by atoms with Crippen LogP contribution in [0.25, 0.3) is 17.1 Å². The molecule has 0 atom stereocenters. The summed E-state index contributed by atoms with van der Waals surface area (Å²) < 4.78 is 2.05. The minimum absolute atomic E-state index is 0.000589. The lowest BCUT2D eigenvalue weighted by Crippen LogP contribution is -2.36. The van der Waals surface area contributed by atoms with E-state index in [9.17, 15) is 14.9 Å². The quantitative estimate of drug-likeness (QED) is 0.413. The number of anilines is 1. The van der Waals surface area contributed by atoms with Gasteiger partial charge in [0.05, 0.1) is 16.0 Å². The van der Waals surface area contributed by atoms with Crippen LogP contribution in [0.3, 0.4) is 0 Å². The van der Waals surface area contributed by atoms with Crippen molar-refractivity contribution in [2.75, 3.05) is 11.4 Å². The van der Waals surface area contributed by atoms with E-state index >= 15 is 0 Å². The van der Waals surface area contributed by atoms with Gasteiger partial charge in [0.1, 0.15) is 0 Å². The van der Waals surface area contributed by atoms with Crippen LogP contribution in [0.15, 0.2) is 54.6 Å². The lowest BCUT2D eigenvalue weighted by Gasteiger charge is -2.26. The Morgan fingerprint density at radius 2 is 2.00 bits per heavy atom. The second-order valence-electron chi connectivity index (χ2n) is 6.08. The molecule has 1 aliphatic heterocycles. The second kappa shape index (κ2) is 6.44. The molecule has 0 N–H and O–H groups in total. The summed E-state index contributed by atoms with van der Waals surface area (Å²) in [4.78, 5) is 29.3. The van der Waals surface area contributed by atoms with Crippen molar-refractivity contribution in [1.29, 1.82) is 0 Å². The summed E-state index contributed by atoms with van der Waals surface area (Å²) in [6.07, 6.45) is 3.88. The lowest BCUT2D eigenvalue weighted by atomic mass is 10.2. The molecule has 1 aromatic heterocycles. The molecule has 2 heterocycles. The Morgan fingerprint density at radius 3 is 2.85 bits per heavy atom. The Kier molecular flexibility index (Phi) is 3.96. The van der Waals surface area contributed by atoms with E-state index in [4.69, 9.17) is 0 Å². The Hall–Kier alpha value is -3.48. The number of carbonyl (C=O) groups is 1. The number of aryl methyl sites for hydroxylation is 1. The molecule has 0 bridgehead atoms. The third-order valence-electron chi connectivity index (χ3n) is 4.40. The first-order valence-corrected chi connectivity index (χ1v) is 8.33. The molecule has 0 radical (unpaired) electrons. The van der Waals surface area contributed by atoms with Crippen molar-refractivity contribution in [1.82, 2.24) is 9.55 Å². The number of amides is 1. The lowest BCUT2D eigenvalue weighted by molar-refractivity contribution is -0.384. The molecule has 0 saturated heterocycles. The molecule has 7 heteroatoms. The van der Waals surface area contributed by atoms with Crippen LogP contribution >= 0.6 is 0 Å². The van der Waals surface area contributed by atoms with E-state index in [1.165, 1.54) is 18.2 Å². The number of hydrogen-bond acceptors (Lipinski definition) is 4. The van der Waals surface area contributed by atoms with E-state index in [-0.39, 0.29) is 11.6 Å². The monoisotopic (exact) mass is 348 g/mol. The molecule has 0 saturated carbocycles. The van der Waals surface area contributed by atoms with Crippen LogP contribution in [0.2, 0.25) is 0 Å². The van der Waals surface area contributed by atoms with Crippen LogP contribution in [0, 0.1) is 10.1 Å². The van der Waals surface area contributed by atoms with E-state index in [2.05, 4.69) is 9.55 Å². The van der Waals surface area contributed by atoms with E-state index in [0.717, 1.165) is 24.0 Å². The van der Waals surface area contributed by atoms with E-state index < -0.39 is 4.92 Å². The second-order valence-corrected chi connectivity index (χ2v) is 6.08. The molecule has 2 aromatic carbocycles. The molecule has 1 amide bonds. The zero-order chi connectivity index (χ0) is 18.1. The summed E-state index contributed by atoms with van der Waals surface area (Å²) in [6, 6.07) is 14.0. The third kappa shape index (κ3) is 2.83. The summed E-state index contributed by atoms with van der Waals surface area (Å²) in [7, 11) is 0. The van der Waals surface area contributed by atoms with Gasteiger partial charge >= 0.3 is 0 Å². The van der Waals surface area contributed by atoms with Crippen molar-refractivity contribution < 1.29 is 9.72 Å². The molecule has 0 aliphatic carbocycles. The average Bonchev–Trinajstić information content (AvgIpc) is 3.05. The number of rotatable bonds is 3. The summed E-state index contributed by atoms with van der Waals surface area (Å²) >= 11 is 0. The Balaban J connectivity index is 1.62. The number of imidazole rings is 1. The van der Waals surface area contributed by atoms with Crippen molar-refractivity contribution in [2.45, 2.75) is 13.0 Å². The highest BCUT2D eigenvalue weighted by molar-refractivity contribution is 6.03. The minimum atomic E-state index is -0.452. The smallest absolute Gasteiger partial charge is 0.270 e. The summed E-state index contributed by atoms with van der Waals surface area (Å²) in [5.41, 5.74) is 2.49. The fraction of sp³-hybridized carbons (Fsp3) is 0.158. The van der Waals surface area contributed by atoms with Gasteiger partial charge in [-0.1, -0.05) is 24.3 Å². The van der Waals surface area contributed by atoms with Crippen LogP contribution in [0.4, 0.5) is 11.6 Å². The molecule has 26 heavy (non-hydrogen) atoms. The zero-order valence-corrected chi connectivity index (χ0v) is 13.9. The van der Waals surface area contributed by atoms with Crippen LogP contribution in [-0.2, 0) is 11.3 Å². The maximum absolute atomic E-state index is 12.7. The highest BCUT2D eigenvalue weighted by Gasteiger charge is 2.24. The number of hydrogen-bond donors (Lipinski definition) is 0. The molecular formula is C19H16N4O3. The summed E-state index contributed by atoms with van der Waals surface area (Å²) in [5, 5.41) is 10.9. The predicted octanol–water partition coefficient (Wildman–Crippen LogP) is 3.39. The van der Waals surface area contributed by atoms with E-state index in [0.29, 0.717) is 18.1 Å². The molecule has 1 aliphatic rings. The first-order chi connectivity index (χ1) is 12.6.